The molecule has 0 aliphatic carbocycles. The van der Waals surface area contributed by atoms with Crippen LogP contribution in [0.15, 0.2) is 53.8 Å². The smallest absolute Gasteiger partial charge is 0.173 e. The highest BCUT2D eigenvalue weighted by atomic mass is 35.5. The molecular weight excluding hydrogens is 338 g/mol. The Morgan fingerprint density at radius 2 is 2.09 bits per heavy atom. The Hall–Kier alpha value is -1.50. The molecule has 0 spiro atoms. The molecule has 1 aromatic carbocycles. The second-order valence-electron chi connectivity index (χ2n) is 4.48. The zero-order valence-corrected chi connectivity index (χ0v) is 13.8. The topological polar surface area (TPSA) is 54.4 Å². The van der Waals surface area contributed by atoms with Crippen molar-refractivity contribution in [2.45, 2.75) is 5.37 Å². The van der Waals surface area contributed by atoms with E-state index in [1.54, 1.807) is 42.2 Å². The third kappa shape index (κ3) is 3.82. The van der Waals surface area contributed by atoms with Crippen molar-refractivity contribution in [2.75, 3.05) is 5.75 Å². The number of hydrazone groups is 1. The fourth-order valence-corrected chi connectivity index (χ4v) is 3.91. The Morgan fingerprint density at radius 3 is 2.82 bits per heavy atom. The molecule has 0 radical (unpaired) electrons. The summed E-state index contributed by atoms with van der Waals surface area (Å²) in [6.45, 7) is 0. The highest BCUT2D eigenvalue weighted by Crippen LogP contribution is 2.34. The van der Waals surface area contributed by atoms with Gasteiger partial charge in [0.05, 0.1) is 11.4 Å². The number of halogens is 1. The lowest BCUT2D eigenvalue weighted by Gasteiger charge is -2.07. The first-order chi connectivity index (χ1) is 10.7. The number of Topliss-reactive ketones (excluding diaryl/α,β-unsaturated/α-hetero) is 1. The number of carbonyl (C=O) groups is 1. The van der Waals surface area contributed by atoms with Crippen LogP contribution in [0.4, 0.5) is 0 Å². The van der Waals surface area contributed by atoms with E-state index >= 15 is 0 Å². The number of pyridine rings is 1. The van der Waals surface area contributed by atoms with Crippen molar-refractivity contribution in [1.29, 1.82) is 0 Å². The summed E-state index contributed by atoms with van der Waals surface area (Å²) >= 11 is 8.82. The number of ketones is 1. The first kappa shape index (κ1) is 15.4. The Bertz CT molecular complexity index is 692. The second kappa shape index (κ2) is 7.17. The largest absolute Gasteiger partial charge is 0.293 e. The molecule has 1 N–H and O–H groups in total. The first-order valence-corrected chi connectivity index (χ1v) is 8.79. The van der Waals surface area contributed by atoms with Crippen molar-refractivity contribution in [3.05, 3.63) is 64.9 Å². The summed E-state index contributed by atoms with van der Waals surface area (Å²) in [6, 6.07) is 12.7. The van der Waals surface area contributed by atoms with E-state index < -0.39 is 0 Å². The number of carbonyl (C=O) groups excluding carboxylic acids is 1. The number of aromatic nitrogens is 1. The van der Waals surface area contributed by atoms with Crippen molar-refractivity contribution in [2.24, 2.45) is 5.10 Å². The molecule has 1 atom stereocenters. The highest BCUT2D eigenvalue weighted by Gasteiger charge is 2.22. The predicted octanol–water partition coefficient (Wildman–Crippen LogP) is 3.96. The number of benzene rings is 1. The number of nitrogens with zero attached hydrogens (tertiary/aromatic N) is 2. The Morgan fingerprint density at radius 1 is 1.27 bits per heavy atom. The van der Waals surface area contributed by atoms with E-state index in [1.165, 1.54) is 11.8 Å². The average molecular weight is 350 g/mol. The molecule has 0 bridgehead atoms. The molecule has 7 heteroatoms. The monoisotopic (exact) mass is 349 g/mol. The number of hydrogen-bond donors (Lipinski definition) is 1. The SMILES string of the molecule is O=C(CSC1=NN[C@H](c2ccccn2)S1)c1ccc(Cl)cc1. The molecule has 112 valence electrons. The summed E-state index contributed by atoms with van der Waals surface area (Å²) in [7, 11) is 0. The van der Waals surface area contributed by atoms with Crippen molar-refractivity contribution in [3.8, 4) is 0 Å². The minimum absolute atomic E-state index is 0.00864. The van der Waals surface area contributed by atoms with Gasteiger partial charge in [0.2, 0.25) is 0 Å². The summed E-state index contributed by atoms with van der Waals surface area (Å²) in [5.74, 6) is 0.413. The van der Waals surface area contributed by atoms with Gasteiger partial charge in [0, 0.05) is 16.8 Å². The zero-order chi connectivity index (χ0) is 15.4. The van der Waals surface area contributed by atoms with E-state index in [-0.39, 0.29) is 11.2 Å². The molecule has 4 nitrogen and oxygen atoms in total. The molecule has 0 amide bonds. The van der Waals surface area contributed by atoms with Crippen LogP contribution in [0.2, 0.25) is 5.02 Å². The van der Waals surface area contributed by atoms with Crippen LogP contribution in [-0.2, 0) is 0 Å². The minimum atomic E-state index is 0.00864. The van der Waals surface area contributed by atoms with E-state index in [9.17, 15) is 4.79 Å². The van der Waals surface area contributed by atoms with Gasteiger partial charge in [0.25, 0.3) is 0 Å². The van der Waals surface area contributed by atoms with Gasteiger partial charge in [-0.1, -0.05) is 41.2 Å². The van der Waals surface area contributed by atoms with Crippen LogP contribution >= 0.6 is 35.1 Å². The lowest BCUT2D eigenvalue weighted by Crippen LogP contribution is -2.07. The summed E-state index contributed by atoms with van der Waals surface area (Å²) < 4.78 is 0.845. The number of hydrogen-bond acceptors (Lipinski definition) is 6. The van der Waals surface area contributed by atoms with E-state index in [2.05, 4.69) is 15.5 Å². The number of thioether (sulfide) groups is 2. The lowest BCUT2D eigenvalue weighted by molar-refractivity contribution is 0.102. The number of nitrogens with one attached hydrogen (secondary N) is 1. The maximum atomic E-state index is 12.1. The van der Waals surface area contributed by atoms with Gasteiger partial charge in [-0.3, -0.25) is 15.2 Å². The van der Waals surface area contributed by atoms with Crippen molar-refractivity contribution < 1.29 is 4.79 Å². The third-order valence-electron chi connectivity index (χ3n) is 2.94. The van der Waals surface area contributed by atoms with Gasteiger partial charge in [-0.05, 0) is 36.4 Å². The molecule has 2 aromatic rings. The van der Waals surface area contributed by atoms with Crippen LogP contribution < -0.4 is 5.43 Å². The first-order valence-electron chi connectivity index (χ1n) is 6.55. The summed E-state index contributed by atoms with van der Waals surface area (Å²) in [6.07, 6.45) is 1.76. The normalized spacial score (nSPS) is 17.0. The standard InChI is InChI=1S/C15H12ClN3OS2/c16-11-6-4-10(5-7-11)13(20)9-21-15-19-18-14(22-15)12-3-1-2-8-17-12/h1-8,14,18H,9H2/t14-/m0/s1. The van der Waals surface area contributed by atoms with Crippen LogP contribution in [0.1, 0.15) is 21.4 Å². The molecule has 0 saturated carbocycles. The molecule has 0 fully saturated rings. The predicted molar refractivity (Wildman–Crippen MR) is 93.4 cm³/mol. The van der Waals surface area contributed by atoms with Gasteiger partial charge >= 0.3 is 0 Å². The van der Waals surface area contributed by atoms with E-state index in [4.69, 9.17) is 11.6 Å². The molecule has 22 heavy (non-hydrogen) atoms. The summed E-state index contributed by atoms with van der Waals surface area (Å²) in [5.41, 5.74) is 4.62. The van der Waals surface area contributed by atoms with Crippen molar-refractivity contribution in [1.82, 2.24) is 10.4 Å². The van der Waals surface area contributed by atoms with Gasteiger partial charge in [-0.2, -0.15) is 5.10 Å². The highest BCUT2D eigenvalue weighted by molar-refractivity contribution is 8.39. The average Bonchev–Trinajstić information content (AvgIpc) is 3.03. The van der Waals surface area contributed by atoms with Crippen molar-refractivity contribution >= 4 is 45.3 Å². The summed E-state index contributed by atoms with van der Waals surface area (Å²) in [5, 5.41) is 4.89. The molecule has 0 saturated heterocycles. The van der Waals surface area contributed by atoms with Crippen molar-refractivity contribution in [3.63, 3.8) is 0 Å². The van der Waals surface area contributed by atoms with Gasteiger partial charge < -0.3 is 0 Å². The number of rotatable bonds is 4. The molecule has 3 rings (SSSR count). The van der Waals surface area contributed by atoms with E-state index in [0.29, 0.717) is 16.3 Å². The second-order valence-corrected chi connectivity index (χ2v) is 7.23. The Kier molecular flexibility index (Phi) is 5.02. The maximum Gasteiger partial charge on any atom is 0.173 e. The Balaban J connectivity index is 1.52. The summed E-state index contributed by atoms with van der Waals surface area (Å²) in [4.78, 5) is 16.4. The van der Waals surface area contributed by atoms with Gasteiger partial charge in [-0.25, -0.2) is 0 Å². The van der Waals surface area contributed by atoms with Gasteiger partial charge in [0.15, 0.2) is 10.2 Å². The molecule has 0 unspecified atom stereocenters. The molecule has 1 aliphatic rings. The third-order valence-corrected chi connectivity index (χ3v) is 5.46. The van der Waals surface area contributed by atoms with Crippen LogP contribution in [0.25, 0.3) is 0 Å². The fraction of sp³-hybridized carbons (Fsp3) is 0.133. The van der Waals surface area contributed by atoms with Crippen LogP contribution in [0.5, 0.6) is 0 Å². The van der Waals surface area contributed by atoms with E-state index in [1.807, 2.05) is 18.2 Å². The lowest BCUT2D eigenvalue weighted by atomic mass is 10.1. The zero-order valence-electron chi connectivity index (χ0n) is 11.4. The van der Waals surface area contributed by atoms with Gasteiger partial charge in [-0.15, -0.1) is 0 Å². The van der Waals surface area contributed by atoms with E-state index in [0.717, 1.165) is 10.1 Å². The van der Waals surface area contributed by atoms with Gasteiger partial charge in [0.1, 0.15) is 5.37 Å². The molecule has 1 aromatic heterocycles. The molecule has 2 heterocycles. The Labute approximate surface area is 141 Å². The maximum absolute atomic E-state index is 12.1. The minimum Gasteiger partial charge on any atom is -0.293 e. The van der Waals surface area contributed by atoms with Crippen LogP contribution in [0.3, 0.4) is 0 Å². The molecular formula is C15H12ClN3OS2. The molecule has 1 aliphatic heterocycles. The van der Waals surface area contributed by atoms with Crippen LogP contribution in [-0.4, -0.2) is 20.9 Å². The fourth-order valence-electron chi connectivity index (χ4n) is 1.84. The van der Waals surface area contributed by atoms with Crippen LogP contribution in [0, 0.1) is 0 Å². The quantitative estimate of drug-likeness (QED) is 0.847.